The summed E-state index contributed by atoms with van der Waals surface area (Å²) in [5, 5.41) is 0. The summed E-state index contributed by atoms with van der Waals surface area (Å²) in [5.41, 5.74) is 1.39. The standard InChI is InChI=1S/C8H10N2S/c1-3-7-6(2)11-8-9-4-5-10(7)8/h4-5H,3H2,1-2H3. The number of nitrogens with zero attached hydrogens (tertiary/aromatic N) is 2. The van der Waals surface area contributed by atoms with Crippen molar-refractivity contribution in [3.63, 3.8) is 0 Å². The molecular formula is C8H10N2S. The smallest absolute Gasteiger partial charge is 0.194 e. The molecule has 2 rings (SSSR count). The summed E-state index contributed by atoms with van der Waals surface area (Å²) in [6.45, 7) is 4.33. The Kier molecular flexibility index (Phi) is 1.46. The van der Waals surface area contributed by atoms with E-state index in [9.17, 15) is 0 Å². The van der Waals surface area contributed by atoms with Crippen LogP contribution in [-0.4, -0.2) is 9.38 Å². The van der Waals surface area contributed by atoms with Crippen LogP contribution in [0.3, 0.4) is 0 Å². The third-order valence-corrected chi connectivity index (χ3v) is 2.91. The summed E-state index contributed by atoms with van der Waals surface area (Å²) < 4.78 is 2.17. The maximum atomic E-state index is 4.23. The molecule has 0 spiro atoms. The van der Waals surface area contributed by atoms with E-state index < -0.39 is 0 Å². The molecule has 0 atom stereocenters. The molecule has 2 aromatic heterocycles. The Morgan fingerprint density at radius 1 is 1.64 bits per heavy atom. The zero-order chi connectivity index (χ0) is 7.84. The molecule has 0 unspecified atom stereocenters. The number of imidazole rings is 1. The highest BCUT2D eigenvalue weighted by atomic mass is 32.1. The van der Waals surface area contributed by atoms with Gasteiger partial charge in [0.15, 0.2) is 4.96 Å². The van der Waals surface area contributed by atoms with Crippen molar-refractivity contribution in [2.24, 2.45) is 0 Å². The van der Waals surface area contributed by atoms with Crippen molar-refractivity contribution in [1.29, 1.82) is 0 Å². The molecule has 0 N–H and O–H groups in total. The zero-order valence-corrected chi connectivity index (χ0v) is 7.48. The van der Waals surface area contributed by atoms with Crippen molar-refractivity contribution in [2.45, 2.75) is 20.3 Å². The van der Waals surface area contributed by atoms with Gasteiger partial charge in [0.2, 0.25) is 0 Å². The van der Waals surface area contributed by atoms with Crippen LogP contribution in [-0.2, 0) is 6.42 Å². The topological polar surface area (TPSA) is 17.3 Å². The highest BCUT2D eigenvalue weighted by Gasteiger charge is 2.05. The van der Waals surface area contributed by atoms with Gasteiger partial charge in [-0.15, -0.1) is 11.3 Å². The molecule has 0 aromatic carbocycles. The van der Waals surface area contributed by atoms with Crippen molar-refractivity contribution in [3.8, 4) is 0 Å². The molecule has 11 heavy (non-hydrogen) atoms. The first-order valence-electron chi connectivity index (χ1n) is 3.74. The fourth-order valence-corrected chi connectivity index (χ4v) is 2.37. The number of hydrogen-bond acceptors (Lipinski definition) is 2. The summed E-state index contributed by atoms with van der Waals surface area (Å²) in [6.07, 6.45) is 4.96. The van der Waals surface area contributed by atoms with Crippen LogP contribution < -0.4 is 0 Å². The Labute approximate surface area is 69.5 Å². The van der Waals surface area contributed by atoms with Crippen molar-refractivity contribution < 1.29 is 0 Å². The SMILES string of the molecule is CCc1c(C)sc2nccn12. The lowest BCUT2D eigenvalue weighted by Crippen LogP contribution is -1.87. The van der Waals surface area contributed by atoms with Crippen molar-refractivity contribution in [2.75, 3.05) is 0 Å². The van der Waals surface area contributed by atoms with Crippen LogP contribution in [0.25, 0.3) is 4.96 Å². The number of hydrogen-bond donors (Lipinski definition) is 0. The average molecular weight is 166 g/mol. The summed E-state index contributed by atoms with van der Waals surface area (Å²) in [4.78, 5) is 6.72. The van der Waals surface area contributed by atoms with E-state index >= 15 is 0 Å². The second-order valence-corrected chi connectivity index (χ2v) is 3.72. The van der Waals surface area contributed by atoms with Crippen molar-refractivity contribution in [1.82, 2.24) is 9.38 Å². The molecule has 2 nitrogen and oxygen atoms in total. The van der Waals surface area contributed by atoms with E-state index in [2.05, 4.69) is 23.2 Å². The van der Waals surface area contributed by atoms with Gasteiger partial charge in [-0.25, -0.2) is 4.98 Å². The van der Waals surface area contributed by atoms with E-state index in [1.807, 2.05) is 12.4 Å². The number of aromatic nitrogens is 2. The van der Waals surface area contributed by atoms with Crippen LogP contribution in [0.5, 0.6) is 0 Å². The molecule has 0 aliphatic carbocycles. The van der Waals surface area contributed by atoms with Crippen LogP contribution in [0.1, 0.15) is 17.5 Å². The van der Waals surface area contributed by atoms with Gasteiger partial charge in [-0.1, -0.05) is 6.92 Å². The molecule has 0 saturated heterocycles. The number of rotatable bonds is 1. The highest BCUT2D eigenvalue weighted by Crippen LogP contribution is 2.21. The summed E-state index contributed by atoms with van der Waals surface area (Å²) in [6, 6.07) is 0. The molecule has 0 fully saturated rings. The largest absolute Gasteiger partial charge is 0.294 e. The van der Waals surface area contributed by atoms with Crippen LogP contribution in [0.15, 0.2) is 12.4 Å². The molecule has 0 bridgehead atoms. The van der Waals surface area contributed by atoms with E-state index in [-0.39, 0.29) is 0 Å². The maximum absolute atomic E-state index is 4.23. The summed E-state index contributed by atoms with van der Waals surface area (Å²) in [7, 11) is 0. The van der Waals surface area contributed by atoms with Gasteiger partial charge in [-0.2, -0.15) is 0 Å². The molecule has 2 heterocycles. The zero-order valence-electron chi connectivity index (χ0n) is 6.66. The lowest BCUT2D eigenvalue weighted by molar-refractivity contribution is 0.987. The minimum Gasteiger partial charge on any atom is -0.294 e. The maximum Gasteiger partial charge on any atom is 0.194 e. The van der Waals surface area contributed by atoms with E-state index in [0.717, 1.165) is 11.4 Å². The fraction of sp³-hybridized carbons (Fsp3) is 0.375. The average Bonchev–Trinajstić information content (AvgIpc) is 2.46. The van der Waals surface area contributed by atoms with Gasteiger partial charge in [0.25, 0.3) is 0 Å². The van der Waals surface area contributed by atoms with Gasteiger partial charge in [0.05, 0.1) is 0 Å². The molecule has 0 aliphatic heterocycles. The van der Waals surface area contributed by atoms with Crippen LogP contribution in [0.2, 0.25) is 0 Å². The summed E-state index contributed by atoms with van der Waals surface area (Å²) >= 11 is 1.76. The second kappa shape index (κ2) is 2.34. The Balaban J connectivity index is 2.80. The minimum absolute atomic E-state index is 1.09. The second-order valence-electron chi connectivity index (χ2n) is 2.54. The Morgan fingerprint density at radius 3 is 3.18 bits per heavy atom. The third kappa shape index (κ3) is 0.878. The molecule has 2 aromatic rings. The lowest BCUT2D eigenvalue weighted by atomic mass is 10.3. The van der Waals surface area contributed by atoms with Gasteiger partial charge in [0.1, 0.15) is 0 Å². The van der Waals surface area contributed by atoms with E-state index in [1.165, 1.54) is 10.6 Å². The third-order valence-electron chi connectivity index (χ3n) is 1.88. The van der Waals surface area contributed by atoms with E-state index in [1.54, 1.807) is 11.3 Å². The number of aryl methyl sites for hydroxylation is 2. The number of thiazole rings is 1. The van der Waals surface area contributed by atoms with Gasteiger partial charge in [-0.05, 0) is 13.3 Å². The summed E-state index contributed by atoms with van der Waals surface area (Å²) in [5.74, 6) is 0. The Hall–Kier alpha value is -0.830. The fourth-order valence-electron chi connectivity index (χ4n) is 1.36. The normalized spacial score (nSPS) is 11.1. The Bertz CT molecular complexity index is 372. The van der Waals surface area contributed by atoms with Crippen LogP contribution >= 0.6 is 11.3 Å². The highest BCUT2D eigenvalue weighted by molar-refractivity contribution is 7.17. The molecular weight excluding hydrogens is 156 g/mol. The van der Waals surface area contributed by atoms with Crippen LogP contribution in [0, 0.1) is 6.92 Å². The quantitative estimate of drug-likeness (QED) is 0.635. The Morgan fingerprint density at radius 2 is 2.45 bits per heavy atom. The molecule has 3 heteroatoms. The first-order chi connectivity index (χ1) is 5.33. The van der Waals surface area contributed by atoms with Crippen molar-refractivity contribution in [3.05, 3.63) is 23.0 Å². The van der Waals surface area contributed by atoms with E-state index in [0.29, 0.717) is 0 Å². The van der Waals surface area contributed by atoms with Crippen molar-refractivity contribution >= 4 is 16.3 Å². The molecule has 0 saturated carbocycles. The van der Waals surface area contributed by atoms with Gasteiger partial charge in [-0.3, -0.25) is 4.40 Å². The van der Waals surface area contributed by atoms with Gasteiger partial charge in [0, 0.05) is 23.0 Å². The molecule has 0 radical (unpaired) electrons. The predicted octanol–water partition coefficient (Wildman–Crippen LogP) is 2.27. The van der Waals surface area contributed by atoms with Crippen LogP contribution in [0.4, 0.5) is 0 Å². The first-order valence-corrected chi connectivity index (χ1v) is 4.56. The number of fused-ring (bicyclic) bond motifs is 1. The van der Waals surface area contributed by atoms with Gasteiger partial charge < -0.3 is 0 Å². The van der Waals surface area contributed by atoms with Gasteiger partial charge >= 0.3 is 0 Å². The minimum atomic E-state index is 1.09. The molecule has 0 amide bonds. The molecule has 0 aliphatic rings. The molecule has 58 valence electrons. The predicted molar refractivity (Wildman–Crippen MR) is 47.2 cm³/mol. The monoisotopic (exact) mass is 166 g/mol. The first kappa shape index (κ1) is 6.85. The van der Waals surface area contributed by atoms with E-state index in [4.69, 9.17) is 0 Å². The lowest BCUT2D eigenvalue weighted by Gasteiger charge is -1.93.